The molecular formula is C13H16IN3. The predicted molar refractivity (Wildman–Crippen MR) is 81.7 cm³/mol. The van der Waals surface area contributed by atoms with Crippen LogP contribution in [-0.2, 0) is 0 Å². The third-order valence-corrected chi connectivity index (χ3v) is 2.25. The van der Waals surface area contributed by atoms with Gasteiger partial charge in [-0.05, 0) is 18.6 Å². The topological polar surface area (TPSA) is 36.4 Å². The lowest BCUT2D eigenvalue weighted by molar-refractivity contribution is 0.715. The second-order valence-corrected chi connectivity index (χ2v) is 3.53. The largest absolute Gasteiger partial charge is 0.356 e. The monoisotopic (exact) mass is 341 g/mol. The summed E-state index contributed by atoms with van der Waals surface area (Å²) in [5.74, 6) is 7.03. The first kappa shape index (κ1) is 13.8. The molecule has 90 valence electrons. The second-order valence-electron chi connectivity index (χ2n) is 3.53. The normalized spacial score (nSPS) is 13.3. The fourth-order valence-electron chi connectivity index (χ4n) is 1.45. The van der Waals surface area contributed by atoms with E-state index in [1.54, 1.807) is 0 Å². The molecule has 2 rings (SSSR count). The molecule has 0 amide bonds. The molecule has 17 heavy (non-hydrogen) atoms. The zero-order valence-corrected chi connectivity index (χ0v) is 11.9. The lowest BCUT2D eigenvalue weighted by Crippen LogP contribution is -2.40. The third-order valence-electron chi connectivity index (χ3n) is 2.25. The Labute approximate surface area is 119 Å². The molecule has 1 aliphatic rings. The number of benzene rings is 1. The first-order chi connectivity index (χ1) is 7.95. The molecule has 0 saturated carbocycles. The molecule has 1 aromatic carbocycles. The van der Waals surface area contributed by atoms with E-state index in [4.69, 9.17) is 0 Å². The van der Waals surface area contributed by atoms with E-state index in [1.165, 1.54) is 0 Å². The maximum Gasteiger partial charge on any atom is 0.192 e. The standard InChI is InChI=1S/C13H15N3.HI/c1-2-6-12(7-3-1)8-4-9-14-13-15-10-5-11-16-13;/h1-3,6-7H,5,9-11H2,(H2,14,15,16);1H. The van der Waals surface area contributed by atoms with E-state index in [-0.39, 0.29) is 24.0 Å². The number of rotatable bonds is 1. The fraction of sp³-hybridized carbons (Fsp3) is 0.308. The summed E-state index contributed by atoms with van der Waals surface area (Å²) in [5, 5.41) is 6.35. The van der Waals surface area contributed by atoms with Crippen LogP contribution in [0.1, 0.15) is 12.0 Å². The molecule has 0 fully saturated rings. The molecule has 0 bridgehead atoms. The maximum atomic E-state index is 4.30. The van der Waals surface area contributed by atoms with E-state index in [1.807, 2.05) is 30.3 Å². The van der Waals surface area contributed by atoms with Crippen molar-refractivity contribution in [3.8, 4) is 11.8 Å². The Kier molecular flexibility index (Phi) is 6.48. The van der Waals surface area contributed by atoms with Crippen LogP contribution in [0.5, 0.6) is 0 Å². The minimum absolute atomic E-state index is 0. The number of aliphatic imine (C=N–C) groups is 1. The van der Waals surface area contributed by atoms with E-state index in [0.29, 0.717) is 6.54 Å². The van der Waals surface area contributed by atoms with E-state index < -0.39 is 0 Å². The van der Waals surface area contributed by atoms with Crippen LogP contribution in [0.4, 0.5) is 0 Å². The van der Waals surface area contributed by atoms with Crippen molar-refractivity contribution in [1.82, 2.24) is 10.6 Å². The summed E-state index contributed by atoms with van der Waals surface area (Å²) in [5.41, 5.74) is 1.04. The smallest absolute Gasteiger partial charge is 0.192 e. The Morgan fingerprint density at radius 2 is 2.12 bits per heavy atom. The first-order valence-electron chi connectivity index (χ1n) is 5.51. The minimum Gasteiger partial charge on any atom is -0.356 e. The minimum atomic E-state index is 0. The van der Waals surface area contributed by atoms with Crippen molar-refractivity contribution in [2.24, 2.45) is 4.99 Å². The molecule has 0 radical (unpaired) electrons. The van der Waals surface area contributed by atoms with Crippen molar-refractivity contribution < 1.29 is 0 Å². The van der Waals surface area contributed by atoms with Crippen LogP contribution < -0.4 is 10.6 Å². The number of guanidine groups is 1. The molecule has 0 atom stereocenters. The molecule has 0 saturated heterocycles. The van der Waals surface area contributed by atoms with Crippen LogP contribution in [0.25, 0.3) is 0 Å². The van der Waals surface area contributed by atoms with Gasteiger partial charge < -0.3 is 10.6 Å². The van der Waals surface area contributed by atoms with Crippen LogP contribution in [-0.4, -0.2) is 25.6 Å². The highest BCUT2D eigenvalue weighted by Gasteiger charge is 2.00. The highest BCUT2D eigenvalue weighted by Crippen LogP contribution is 1.94. The number of nitrogens with zero attached hydrogens (tertiary/aromatic N) is 1. The molecule has 0 aliphatic carbocycles. The van der Waals surface area contributed by atoms with Crippen LogP contribution in [0, 0.1) is 11.8 Å². The van der Waals surface area contributed by atoms with Gasteiger partial charge in [-0.15, -0.1) is 24.0 Å². The van der Waals surface area contributed by atoms with Gasteiger partial charge in [0.15, 0.2) is 5.96 Å². The van der Waals surface area contributed by atoms with Crippen LogP contribution in [0.2, 0.25) is 0 Å². The molecule has 4 heteroatoms. The van der Waals surface area contributed by atoms with Crippen molar-refractivity contribution >= 4 is 29.9 Å². The predicted octanol–water partition coefficient (Wildman–Crippen LogP) is 1.60. The van der Waals surface area contributed by atoms with Crippen LogP contribution in [0.15, 0.2) is 35.3 Å². The molecule has 0 unspecified atom stereocenters. The maximum absolute atomic E-state index is 4.30. The van der Waals surface area contributed by atoms with Gasteiger partial charge in [0.2, 0.25) is 0 Å². The van der Waals surface area contributed by atoms with Gasteiger partial charge in [0.25, 0.3) is 0 Å². The zero-order valence-electron chi connectivity index (χ0n) is 9.57. The van der Waals surface area contributed by atoms with Crippen LogP contribution in [0.3, 0.4) is 0 Å². The Bertz CT molecular complexity index is 417. The Balaban J connectivity index is 0.00000144. The van der Waals surface area contributed by atoms with Gasteiger partial charge in [-0.25, -0.2) is 0 Å². The van der Waals surface area contributed by atoms with Crippen molar-refractivity contribution in [2.45, 2.75) is 6.42 Å². The van der Waals surface area contributed by atoms with E-state index in [9.17, 15) is 0 Å². The molecular weight excluding hydrogens is 325 g/mol. The average Bonchev–Trinajstić information content (AvgIpc) is 2.37. The van der Waals surface area contributed by atoms with Crippen molar-refractivity contribution in [3.63, 3.8) is 0 Å². The zero-order chi connectivity index (χ0) is 11.1. The van der Waals surface area contributed by atoms with Gasteiger partial charge in [-0.3, -0.25) is 4.99 Å². The summed E-state index contributed by atoms with van der Waals surface area (Å²) in [6.45, 7) is 2.53. The van der Waals surface area contributed by atoms with Crippen molar-refractivity contribution in [2.75, 3.05) is 19.6 Å². The SMILES string of the molecule is C(#Cc1ccccc1)CNC1=NCCCN1.I. The molecule has 1 heterocycles. The summed E-state index contributed by atoms with van der Waals surface area (Å²) in [4.78, 5) is 4.30. The number of hydrogen-bond donors (Lipinski definition) is 2. The van der Waals surface area contributed by atoms with E-state index >= 15 is 0 Å². The van der Waals surface area contributed by atoms with E-state index in [2.05, 4.69) is 27.5 Å². The molecule has 0 aromatic heterocycles. The summed E-state index contributed by atoms with van der Waals surface area (Å²) in [6, 6.07) is 9.98. The Morgan fingerprint density at radius 1 is 1.29 bits per heavy atom. The van der Waals surface area contributed by atoms with Crippen molar-refractivity contribution in [1.29, 1.82) is 0 Å². The Hall–Kier alpha value is -1.22. The highest BCUT2D eigenvalue weighted by atomic mass is 127. The third kappa shape index (κ3) is 5.09. The van der Waals surface area contributed by atoms with Gasteiger partial charge in [-0.2, -0.15) is 0 Å². The lowest BCUT2D eigenvalue weighted by Gasteiger charge is -2.14. The highest BCUT2D eigenvalue weighted by molar-refractivity contribution is 14.0. The van der Waals surface area contributed by atoms with Gasteiger partial charge in [0.1, 0.15) is 0 Å². The lowest BCUT2D eigenvalue weighted by atomic mass is 10.2. The van der Waals surface area contributed by atoms with E-state index in [0.717, 1.165) is 31.0 Å². The molecule has 0 spiro atoms. The van der Waals surface area contributed by atoms with Gasteiger partial charge in [0.05, 0.1) is 6.54 Å². The molecule has 2 N–H and O–H groups in total. The number of halogens is 1. The summed E-state index contributed by atoms with van der Waals surface area (Å²) >= 11 is 0. The summed E-state index contributed by atoms with van der Waals surface area (Å²) in [7, 11) is 0. The Morgan fingerprint density at radius 3 is 2.82 bits per heavy atom. The fourth-order valence-corrected chi connectivity index (χ4v) is 1.45. The second kappa shape index (κ2) is 7.96. The first-order valence-corrected chi connectivity index (χ1v) is 5.51. The molecule has 1 aliphatic heterocycles. The summed E-state index contributed by atoms with van der Waals surface area (Å²) in [6.07, 6.45) is 1.11. The quantitative estimate of drug-likeness (QED) is 0.601. The van der Waals surface area contributed by atoms with Crippen LogP contribution >= 0.6 is 24.0 Å². The summed E-state index contributed by atoms with van der Waals surface area (Å²) < 4.78 is 0. The molecule has 1 aromatic rings. The van der Waals surface area contributed by atoms with Gasteiger partial charge >= 0.3 is 0 Å². The number of hydrogen-bond acceptors (Lipinski definition) is 3. The van der Waals surface area contributed by atoms with Crippen molar-refractivity contribution in [3.05, 3.63) is 35.9 Å². The average molecular weight is 341 g/mol. The number of nitrogens with one attached hydrogen (secondary N) is 2. The molecule has 3 nitrogen and oxygen atoms in total. The van der Waals surface area contributed by atoms with Gasteiger partial charge in [-0.1, -0.05) is 30.0 Å². The van der Waals surface area contributed by atoms with Gasteiger partial charge in [0, 0.05) is 18.7 Å².